The van der Waals surface area contributed by atoms with Crippen molar-refractivity contribution in [3.05, 3.63) is 39.7 Å². The molecule has 3 rings (SSSR count). The molecule has 0 atom stereocenters. The molecule has 0 unspecified atom stereocenters. The van der Waals surface area contributed by atoms with Crippen LogP contribution in [-0.4, -0.2) is 58.2 Å². The van der Waals surface area contributed by atoms with Crippen molar-refractivity contribution in [3.8, 4) is 0 Å². The molecule has 0 amide bonds. The third kappa shape index (κ3) is 4.09. The number of anilines is 1. The molecule has 10 nitrogen and oxygen atoms in total. The van der Waals surface area contributed by atoms with Crippen molar-refractivity contribution in [2.75, 3.05) is 38.2 Å². The number of piperazine rings is 1. The highest BCUT2D eigenvalue weighted by Crippen LogP contribution is 2.22. The fourth-order valence-corrected chi connectivity index (χ4v) is 2.77. The van der Waals surface area contributed by atoms with Gasteiger partial charge in [-0.1, -0.05) is 5.16 Å². The van der Waals surface area contributed by atoms with E-state index in [9.17, 15) is 10.1 Å². The molecule has 10 heteroatoms. The van der Waals surface area contributed by atoms with Crippen LogP contribution in [0.25, 0.3) is 0 Å². The van der Waals surface area contributed by atoms with E-state index < -0.39 is 4.92 Å². The van der Waals surface area contributed by atoms with Gasteiger partial charge in [-0.25, -0.2) is 4.98 Å². The molecule has 0 aromatic carbocycles. The van der Waals surface area contributed by atoms with Crippen molar-refractivity contribution in [1.29, 1.82) is 0 Å². The normalized spacial score (nSPS) is 15.5. The van der Waals surface area contributed by atoms with E-state index in [1.807, 2.05) is 0 Å². The monoisotopic (exact) mass is 348 g/mol. The van der Waals surface area contributed by atoms with E-state index in [0.717, 1.165) is 32.0 Å². The van der Waals surface area contributed by atoms with E-state index in [2.05, 4.69) is 24.9 Å². The number of rotatable bonds is 6. The van der Waals surface area contributed by atoms with Crippen LogP contribution < -0.4 is 4.90 Å². The van der Waals surface area contributed by atoms with Gasteiger partial charge in [0.25, 0.3) is 5.69 Å². The number of hydrogen-bond acceptors (Lipinski definition) is 9. The van der Waals surface area contributed by atoms with Crippen LogP contribution >= 0.6 is 0 Å². The van der Waals surface area contributed by atoms with Crippen LogP contribution in [0.2, 0.25) is 0 Å². The summed E-state index contributed by atoms with van der Waals surface area (Å²) in [5, 5.41) is 14.7. The molecular formula is C15H20N6O4. The molecule has 1 aliphatic rings. The molecule has 0 N–H and O–H groups in total. The van der Waals surface area contributed by atoms with E-state index >= 15 is 0 Å². The molecular weight excluding hydrogens is 328 g/mol. The van der Waals surface area contributed by atoms with E-state index in [4.69, 9.17) is 9.26 Å². The van der Waals surface area contributed by atoms with Gasteiger partial charge in [-0.3, -0.25) is 15.0 Å². The van der Waals surface area contributed by atoms with E-state index in [1.165, 1.54) is 6.20 Å². The number of hydrogen-bond donors (Lipinski definition) is 0. The number of methoxy groups -OCH3 is 1. The fourth-order valence-electron chi connectivity index (χ4n) is 2.77. The number of aromatic nitrogens is 3. The Bertz CT molecular complexity index is 741. The van der Waals surface area contributed by atoms with Crippen molar-refractivity contribution < 1.29 is 14.2 Å². The second kappa shape index (κ2) is 7.53. The molecule has 3 heterocycles. The van der Waals surface area contributed by atoms with Crippen LogP contribution in [0.15, 0.2) is 16.8 Å². The SMILES string of the molecule is COCc1noc(CN2CCN(c3cc(C)c([N+](=O)[O-])cn3)CC2)n1. The number of aryl methyl sites for hydroxylation is 1. The van der Waals surface area contributed by atoms with Crippen LogP contribution in [0.4, 0.5) is 11.5 Å². The molecule has 1 fully saturated rings. The van der Waals surface area contributed by atoms with Crippen molar-refractivity contribution >= 4 is 11.5 Å². The molecule has 1 saturated heterocycles. The molecule has 2 aromatic rings. The zero-order chi connectivity index (χ0) is 17.8. The lowest BCUT2D eigenvalue weighted by Crippen LogP contribution is -2.46. The van der Waals surface area contributed by atoms with Crippen molar-refractivity contribution in [2.45, 2.75) is 20.1 Å². The van der Waals surface area contributed by atoms with Crippen molar-refractivity contribution in [1.82, 2.24) is 20.0 Å². The van der Waals surface area contributed by atoms with Crippen LogP contribution in [0.5, 0.6) is 0 Å². The summed E-state index contributed by atoms with van der Waals surface area (Å²) in [5.74, 6) is 1.88. The summed E-state index contributed by atoms with van der Waals surface area (Å²) in [7, 11) is 1.59. The Kier molecular flexibility index (Phi) is 5.19. The van der Waals surface area contributed by atoms with Crippen molar-refractivity contribution in [3.63, 3.8) is 0 Å². The lowest BCUT2D eigenvalue weighted by molar-refractivity contribution is -0.385. The molecule has 0 spiro atoms. The molecule has 0 radical (unpaired) electrons. The summed E-state index contributed by atoms with van der Waals surface area (Å²) >= 11 is 0. The molecule has 134 valence electrons. The lowest BCUT2D eigenvalue weighted by Gasteiger charge is -2.34. The van der Waals surface area contributed by atoms with Gasteiger partial charge in [0.15, 0.2) is 5.82 Å². The average molecular weight is 348 g/mol. The fraction of sp³-hybridized carbons (Fsp3) is 0.533. The smallest absolute Gasteiger partial charge is 0.290 e. The average Bonchev–Trinajstić information content (AvgIpc) is 3.02. The molecule has 0 saturated carbocycles. The summed E-state index contributed by atoms with van der Waals surface area (Å²) in [6.45, 7) is 5.86. The van der Waals surface area contributed by atoms with Gasteiger partial charge in [-0.15, -0.1) is 0 Å². The number of nitro groups is 1. The molecule has 25 heavy (non-hydrogen) atoms. The van der Waals surface area contributed by atoms with Gasteiger partial charge in [0.05, 0.1) is 11.5 Å². The Balaban J connectivity index is 1.56. The third-order valence-corrected chi connectivity index (χ3v) is 4.10. The van der Waals surface area contributed by atoms with Gasteiger partial charge in [0.2, 0.25) is 5.89 Å². The highest BCUT2D eigenvalue weighted by atomic mass is 16.6. The minimum atomic E-state index is -0.410. The first-order chi connectivity index (χ1) is 12.1. The van der Waals surface area contributed by atoms with Crippen LogP contribution in [0.3, 0.4) is 0 Å². The van der Waals surface area contributed by atoms with E-state index in [-0.39, 0.29) is 5.69 Å². The van der Waals surface area contributed by atoms with Crippen molar-refractivity contribution in [2.24, 2.45) is 0 Å². The number of ether oxygens (including phenoxy) is 1. The second-order valence-electron chi connectivity index (χ2n) is 5.89. The second-order valence-corrected chi connectivity index (χ2v) is 5.89. The van der Waals surface area contributed by atoms with E-state index in [0.29, 0.717) is 30.4 Å². The molecule has 0 bridgehead atoms. The summed E-state index contributed by atoms with van der Waals surface area (Å²) < 4.78 is 10.2. The zero-order valence-electron chi connectivity index (χ0n) is 14.2. The highest BCUT2D eigenvalue weighted by molar-refractivity contribution is 5.48. The first-order valence-electron chi connectivity index (χ1n) is 7.95. The Morgan fingerprint density at radius 3 is 2.76 bits per heavy atom. The van der Waals surface area contributed by atoms with Gasteiger partial charge < -0.3 is 14.2 Å². The zero-order valence-corrected chi connectivity index (χ0v) is 14.2. The summed E-state index contributed by atoms with van der Waals surface area (Å²) in [4.78, 5) is 23.3. The Morgan fingerprint density at radius 1 is 1.36 bits per heavy atom. The van der Waals surface area contributed by atoms with Gasteiger partial charge >= 0.3 is 0 Å². The number of nitrogens with zero attached hydrogens (tertiary/aromatic N) is 6. The van der Waals surface area contributed by atoms with Crippen LogP contribution in [0.1, 0.15) is 17.3 Å². The first kappa shape index (κ1) is 17.2. The molecule has 1 aliphatic heterocycles. The van der Waals surface area contributed by atoms with Gasteiger partial charge in [0, 0.05) is 38.9 Å². The summed E-state index contributed by atoms with van der Waals surface area (Å²) in [6, 6.07) is 1.77. The maximum absolute atomic E-state index is 10.9. The molecule has 0 aliphatic carbocycles. The van der Waals surface area contributed by atoms with Crippen LogP contribution in [0, 0.1) is 17.0 Å². The largest absolute Gasteiger partial charge is 0.377 e. The standard InChI is InChI=1S/C15H20N6O4/c1-11-7-14(16-8-12(11)21(22)23)20-5-3-19(4-6-20)9-15-17-13(10-24-2)18-25-15/h7-8H,3-6,9-10H2,1-2H3. The van der Waals surface area contributed by atoms with Gasteiger partial charge in [0.1, 0.15) is 18.6 Å². The Labute approximate surface area is 144 Å². The minimum Gasteiger partial charge on any atom is -0.377 e. The summed E-state index contributed by atoms with van der Waals surface area (Å²) in [5.41, 5.74) is 0.666. The number of pyridine rings is 1. The lowest BCUT2D eigenvalue weighted by atomic mass is 10.2. The highest BCUT2D eigenvalue weighted by Gasteiger charge is 2.21. The topological polar surface area (TPSA) is 111 Å². The third-order valence-electron chi connectivity index (χ3n) is 4.10. The maximum Gasteiger partial charge on any atom is 0.290 e. The Morgan fingerprint density at radius 2 is 2.12 bits per heavy atom. The van der Waals surface area contributed by atoms with Gasteiger partial charge in [-0.2, -0.15) is 4.98 Å². The minimum absolute atomic E-state index is 0.0469. The first-order valence-corrected chi connectivity index (χ1v) is 7.95. The molecule has 2 aromatic heterocycles. The van der Waals surface area contributed by atoms with Crippen LogP contribution in [-0.2, 0) is 17.9 Å². The predicted molar refractivity (Wildman–Crippen MR) is 88.1 cm³/mol. The van der Waals surface area contributed by atoms with E-state index in [1.54, 1.807) is 20.1 Å². The summed E-state index contributed by atoms with van der Waals surface area (Å²) in [6.07, 6.45) is 1.33. The maximum atomic E-state index is 10.9. The predicted octanol–water partition coefficient (Wildman–Crippen LogP) is 1.15. The van der Waals surface area contributed by atoms with Gasteiger partial charge in [-0.05, 0) is 13.0 Å². The Hall–Kier alpha value is -2.59. The quantitative estimate of drug-likeness (QED) is 0.560.